The summed E-state index contributed by atoms with van der Waals surface area (Å²) in [5, 5.41) is 6.12. The molecule has 2 saturated heterocycles. The van der Waals surface area contributed by atoms with Gasteiger partial charge in [-0.2, -0.15) is 0 Å². The van der Waals surface area contributed by atoms with Crippen molar-refractivity contribution in [3.05, 3.63) is 35.1 Å². The van der Waals surface area contributed by atoms with Crippen molar-refractivity contribution < 1.29 is 18.7 Å². The average molecular weight is 348 g/mol. The van der Waals surface area contributed by atoms with Gasteiger partial charge in [-0.1, -0.05) is 6.07 Å². The largest absolute Gasteiger partial charge is 0.378 e. The molecule has 6 heteroatoms. The number of rotatable bonds is 2. The fraction of sp³-hybridized carbons (Fsp3) is 0.632. The first-order valence-electron chi connectivity index (χ1n) is 9.21. The zero-order valence-corrected chi connectivity index (χ0v) is 14.4. The maximum Gasteiger partial charge on any atom is 0.315 e. The number of fused-ring (bicyclic) bond motifs is 1. The number of halogens is 1. The Morgan fingerprint density at radius 3 is 3.00 bits per heavy atom. The molecular formula is C19H25FN2O3. The zero-order valence-electron chi connectivity index (χ0n) is 14.4. The molecule has 136 valence electrons. The van der Waals surface area contributed by atoms with Crippen LogP contribution in [0.25, 0.3) is 0 Å². The normalized spacial score (nSPS) is 31.6. The Kier molecular flexibility index (Phi) is 4.65. The van der Waals surface area contributed by atoms with Gasteiger partial charge in [0.15, 0.2) is 0 Å². The number of hydrogen-bond donors (Lipinski definition) is 2. The van der Waals surface area contributed by atoms with Crippen LogP contribution >= 0.6 is 0 Å². The molecule has 0 radical (unpaired) electrons. The van der Waals surface area contributed by atoms with Gasteiger partial charge in [-0.25, -0.2) is 9.18 Å². The minimum absolute atomic E-state index is 0.0889. The van der Waals surface area contributed by atoms with E-state index >= 15 is 0 Å². The van der Waals surface area contributed by atoms with Gasteiger partial charge in [0.05, 0.1) is 18.2 Å². The van der Waals surface area contributed by atoms with Crippen LogP contribution in [0.2, 0.25) is 0 Å². The van der Waals surface area contributed by atoms with Crippen molar-refractivity contribution in [2.45, 2.75) is 56.2 Å². The lowest BCUT2D eigenvalue weighted by Gasteiger charge is -2.37. The third-order valence-corrected chi connectivity index (χ3v) is 5.62. The van der Waals surface area contributed by atoms with Crippen LogP contribution in [-0.4, -0.2) is 37.5 Å². The van der Waals surface area contributed by atoms with Crippen molar-refractivity contribution in [1.82, 2.24) is 10.6 Å². The molecule has 3 aliphatic rings. The minimum Gasteiger partial charge on any atom is -0.378 e. The number of carbonyl (C=O) groups is 1. The van der Waals surface area contributed by atoms with Gasteiger partial charge >= 0.3 is 6.03 Å². The van der Waals surface area contributed by atoms with Crippen molar-refractivity contribution in [2.24, 2.45) is 0 Å². The van der Waals surface area contributed by atoms with Gasteiger partial charge in [0, 0.05) is 25.7 Å². The molecule has 1 aromatic carbocycles. The van der Waals surface area contributed by atoms with Crippen LogP contribution in [-0.2, 0) is 15.9 Å². The Morgan fingerprint density at radius 2 is 2.16 bits per heavy atom. The van der Waals surface area contributed by atoms with E-state index < -0.39 is 0 Å². The van der Waals surface area contributed by atoms with Crippen molar-refractivity contribution in [1.29, 1.82) is 0 Å². The number of urea groups is 1. The van der Waals surface area contributed by atoms with Crippen LogP contribution in [0.4, 0.5) is 9.18 Å². The predicted molar refractivity (Wildman–Crippen MR) is 90.9 cm³/mol. The minimum atomic E-state index is -0.250. The van der Waals surface area contributed by atoms with Gasteiger partial charge in [-0.05, 0) is 55.4 Å². The zero-order chi connectivity index (χ0) is 17.3. The lowest BCUT2D eigenvalue weighted by Crippen LogP contribution is -2.51. The van der Waals surface area contributed by atoms with E-state index in [9.17, 15) is 9.18 Å². The van der Waals surface area contributed by atoms with Crippen molar-refractivity contribution in [3.8, 4) is 0 Å². The molecule has 2 heterocycles. The highest BCUT2D eigenvalue weighted by Gasteiger charge is 2.41. The molecule has 4 rings (SSSR count). The van der Waals surface area contributed by atoms with E-state index in [1.165, 1.54) is 6.07 Å². The molecule has 3 atom stereocenters. The van der Waals surface area contributed by atoms with E-state index in [4.69, 9.17) is 9.47 Å². The second kappa shape index (κ2) is 6.92. The number of amides is 2. The number of nitrogens with one attached hydrogen (secondary N) is 2. The fourth-order valence-electron chi connectivity index (χ4n) is 4.32. The maximum absolute atomic E-state index is 13.6. The van der Waals surface area contributed by atoms with Crippen LogP contribution in [0.5, 0.6) is 0 Å². The van der Waals surface area contributed by atoms with Crippen LogP contribution in [0.15, 0.2) is 18.2 Å². The molecule has 0 aromatic heterocycles. The van der Waals surface area contributed by atoms with Crippen molar-refractivity contribution >= 4 is 6.03 Å². The van der Waals surface area contributed by atoms with Crippen LogP contribution in [0.1, 0.15) is 49.3 Å². The smallest absolute Gasteiger partial charge is 0.315 e. The lowest BCUT2D eigenvalue weighted by molar-refractivity contribution is -0.0878. The third-order valence-electron chi connectivity index (χ3n) is 5.62. The SMILES string of the molecule is O=C(N[C@@H]1CCO[C@@]2(CCOC2)C1)N[C@H]1CCCc2ccc(F)cc21. The maximum atomic E-state index is 13.6. The molecular weight excluding hydrogens is 323 g/mol. The first-order chi connectivity index (χ1) is 12.1. The molecule has 2 amide bonds. The number of benzene rings is 1. The standard InChI is InChI=1S/C19H25FN2O3/c20-14-5-4-13-2-1-3-17(16(13)10-14)22-18(23)21-15-6-8-25-19(11-15)7-9-24-12-19/h4-5,10,15,17H,1-3,6-9,11-12H2,(H2,21,22,23)/t15-,17+,19+/m1/s1. The average Bonchev–Trinajstić information content (AvgIpc) is 3.03. The Balaban J connectivity index is 1.37. The Hall–Kier alpha value is -1.66. The van der Waals surface area contributed by atoms with Gasteiger partial charge in [0.25, 0.3) is 0 Å². The monoisotopic (exact) mass is 348 g/mol. The van der Waals surface area contributed by atoms with E-state index in [0.717, 1.165) is 56.3 Å². The van der Waals surface area contributed by atoms with E-state index in [2.05, 4.69) is 10.6 Å². The fourth-order valence-corrected chi connectivity index (χ4v) is 4.32. The molecule has 25 heavy (non-hydrogen) atoms. The molecule has 2 N–H and O–H groups in total. The Labute approximate surface area is 147 Å². The van der Waals surface area contributed by atoms with E-state index in [-0.39, 0.29) is 29.5 Å². The van der Waals surface area contributed by atoms with Gasteiger partial charge in [-0.15, -0.1) is 0 Å². The number of aryl methyl sites for hydroxylation is 1. The highest BCUT2D eigenvalue weighted by molar-refractivity contribution is 5.75. The number of hydrogen-bond acceptors (Lipinski definition) is 3. The second-order valence-electron chi connectivity index (χ2n) is 7.43. The van der Waals surface area contributed by atoms with Gasteiger partial charge in [-0.3, -0.25) is 0 Å². The lowest BCUT2D eigenvalue weighted by atomic mass is 9.87. The number of ether oxygens (including phenoxy) is 2. The molecule has 0 unspecified atom stereocenters. The summed E-state index contributed by atoms with van der Waals surface area (Å²) < 4.78 is 25.0. The van der Waals surface area contributed by atoms with Gasteiger partial charge in [0.1, 0.15) is 5.82 Å². The quantitative estimate of drug-likeness (QED) is 0.864. The second-order valence-corrected chi connectivity index (χ2v) is 7.43. The molecule has 1 spiro atoms. The van der Waals surface area contributed by atoms with E-state index in [1.54, 1.807) is 6.07 Å². The Bertz CT molecular complexity index is 646. The van der Waals surface area contributed by atoms with E-state index in [0.29, 0.717) is 13.2 Å². The molecule has 2 aliphatic heterocycles. The summed E-state index contributed by atoms with van der Waals surface area (Å²) in [6.45, 7) is 1.98. The molecule has 5 nitrogen and oxygen atoms in total. The van der Waals surface area contributed by atoms with Crippen molar-refractivity contribution in [2.75, 3.05) is 19.8 Å². The summed E-state index contributed by atoms with van der Waals surface area (Å²) in [6.07, 6.45) is 5.28. The summed E-state index contributed by atoms with van der Waals surface area (Å²) >= 11 is 0. The van der Waals surface area contributed by atoms with Crippen LogP contribution in [0, 0.1) is 5.82 Å². The van der Waals surface area contributed by atoms with E-state index in [1.807, 2.05) is 6.07 Å². The first-order valence-corrected chi connectivity index (χ1v) is 9.21. The number of carbonyl (C=O) groups excluding carboxylic acids is 1. The summed E-state index contributed by atoms with van der Waals surface area (Å²) in [6, 6.07) is 4.67. The summed E-state index contributed by atoms with van der Waals surface area (Å²) in [4.78, 5) is 12.5. The molecule has 2 fully saturated rings. The molecule has 0 saturated carbocycles. The van der Waals surface area contributed by atoms with Crippen molar-refractivity contribution in [3.63, 3.8) is 0 Å². The van der Waals surface area contributed by atoms with Gasteiger partial charge in [0.2, 0.25) is 0 Å². The topological polar surface area (TPSA) is 59.6 Å². The highest BCUT2D eigenvalue weighted by atomic mass is 19.1. The summed E-state index contributed by atoms with van der Waals surface area (Å²) in [5.74, 6) is -0.250. The summed E-state index contributed by atoms with van der Waals surface area (Å²) in [5.41, 5.74) is 1.82. The molecule has 0 bridgehead atoms. The Morgan fingerprint density at radius 1 is 1.24 bits per heavy atom. The molecule has 1 aromatic rings. The van der Waals surface area contributed by atoms with Crippen LogP contribution in [0.3, 0.4) is 0 Å². The first kappa shape index (κ1) is 16.8. The molecule has 1 aliphatic carbocycles. The highest BCUT2D eigenvalue weighted by Crippen LogP contribution is 2.33. The summed E-state index contributed by atoms with van der Waals surface area (Å²) in [7, 11) is 0. The van der Waals surface area contributed by atoms with Gasteiger partial charge < -0.3 is 20.1 Å². The third kappa shape index (κ3) is 3.65. The predicted octanol–water partition coefficient (Wildman–Crippen LogP) is 2.84. The van der Waals surface area contributed by atoms with Crippen LogP contribution < -0.4 is 10.6 Å².